The topological polar surface area (TPSA) is 51.2 Å². The second-order valence-electron chi connectivity index (χ2n) is 4.74. The molecule has 3 nitrogen and oxygen atoms in total. The van der Waals surface area contributed by atoms with Crippen LogP contribution in [0.4, 0.5) is 0 Å². The van der Waals surface area contributed by atoms with Gasteiger partial charge in [0, 0.05) is 5.92 Å². The van der Waals surface area contributed by atoms with Gasteiger partial charge in [-0.25, -0.2) is 8.42 Å². The number of rotatable bonds is 2. The lowest BCUT2D eigenvalue weighted by atomic mass is 9.97. The summed E-state index contributed by atoms with van der Waals surface area (Å²) in [5.74, 6) is 0.283. The van der Waals surface area contributed by atoms with Crippen molar-refractivity contribution in [1.29, 1.82) is 0 Å². The Kier molecular flexibility index (Phi) is 3.14. The molecule has 2 aliphatic rings. The number of hydrogen-bond acceptors (Lipinski definition) is 3. The molecule has 1 unspecified atom stereocenters. The molecule has 1 saturated heterocycles. The first-order valence-corrected chi connectivity index (χ1v) is 7.58. The fraction of sp³-hybridized carbons (Fsp3) is 0.909. The Balaban J connectivity index is 2.11. The van der Waals surface area contributed by atoms with Crippen LogP contribution in [0.15, 0.2) is 0 Å². The minimum Gasteiger partial charge on any atom is -0.298 e. The van der Waals surface area contributed by atoms with Gasteiger partial charge in [0.1, 0.15) is 5.25 Å². The van der Waals surface area contributed by atoms with Crippen molar-refractivity contribution in [3.8, 4) is 0 Å². The Hall–Kier alpha value is -0.380. The molecule has 1 aliphatic heterocycles. The summed E-state index contributed by atoms with van der Waals surface area (Å²) in [5, 5.41) is -0.658. The molecule has 1 heterocycles. The van der Waals surface area contributed by atoms with Crippen LogP contribution in [0.5, 0.6) is 0 Å². The molecular weight excluding hydrogens is 212 g/mol. The van der Waals surface area contributed by atoms with Crippen molar-refractivity contribution in [2.75, 3.05) is 5.75 Å². The molecular formula is C11H18O3S. The van der Waals surface area contributed by atoms with E-state index in [4.69, 9.17) is 0 Å². The molecule has 0 radical (unpaired) electrons. The fourth-order valence-electron chi connectivity index (χ4n) is 2.75. The Morgan fingerprint density at radius 1 is 0.933 bits per heavy atom. The molecule has 2 rings (SSSR count). The van der Waals surface area contributed by atoms with Crippen molar-refractivity contribution in [3.63, 3.8) is 0 Å². The maximum Gasteiger partial charge on any atom is 0.160 e. The highest BCUT2D eigenvalue weighted by molar-refractivity contribution is 7.92. The number of Topliss-reactive ketones (excluding diaryl/α,β-unsaturated/α-hetero) is 1. The monoisotopic (exact) mass is 230 g/mol. The van der Waals surface area contributed by atoms with Gasteiger partial charge in [0.25, 0.3) is 0 Å². The molecule has 0 aromatic carbocycles. The van der Waals surface area contributed by atoms with Crippen molar-refractivity contribution in [3.05, 3.63) is 0 Å². The first kappa shape index (κ1) is 11.1. The van der Waals surface area contributed by atoms with Gasteiger partial charge in [-0.05, 0) is 25.7 Å². The van der Waals surface area contributed by atoms with Crippen LogP contribution in [-0.2, 0) is 14.6 Å². The van der Waals surface area contributed by atoms with E-state index in [0.717, 1.165) is 38.5 Å². The lowest BCUT2D eigenvalue weighted by Gasteiger charge is -2.23. The first-order chi connectivity index (χ1) is 7.11. The number of carbonyl (C=O) groups is 1. The molecule has 4 heteroatoms. The molecule has 0 N–H and O–H groups in total. The van der Waals surface area contributed by atoms with Gasteiger partial charge in [0.2, 0.25) is 0 Å². The molecule has 0 aromatic rings. The van der Waals surface area contributed by atoms with E-state index in [1.165, 1.54) is 0 Å². The van der Waals surface area contributed by atoms with E-state index >= 15 is 0 Å². The third kappa shape index (κ3) is 2.25. The maximum absolute atomic E-state index is 12.0. The van der Waals surface area contributed by atoms with Crippen molar-refractivity contribution in [1.82, 2.24) is 0 Å². The summed E-state index contributed by atoms with van der Waals surface area (Å²) in [5.41, 5.74) is 0. The molecule has 2 fully saturated rings. The second kappa shape index (κ2) is 4.24. The SMILES string of the molecule is O=C(C1CCCC1)C1CCCCS1(=O)=O. The highest BCUT2D eigenvalue weighted by Gasteiger charge is 2.38. The smallest absolute Gasteiger partial charge is 0.160 e. The van der Waals surface area contributed by atoms with Gasteiger partial charge in [-0.3, -0.25) is 4.79 Å². The van der Waals surface area contributed by atoms with E-state index in [1.54, 1.807) is 0 Å². The average molecular weight is 230 g/mol. The zero-order chi connectivity index (χ0) is 10.9. The molecule has 0 amide bonds. The molecule has 1 aliphatic carbocycles. The van der Waals surface area contributed by atoms with Gasteiger partial charge >= 0.3 is 0 Å². The lowest BCUT2D eigenvalue weighted by Crippen LogP contribution is -2.38. The molecule has 1 atom stereocenters. The van der Waals surface area contributed by atoms with Gasteiger partial charge in [-0.1, -0.05) is 19.3 Å². The van der Waals surface area contributed by atoms with Crippen LogP contribution in [0.3, 0.4) is 0 Å². The summed E-state index contributed by atoms with van der Waals surface area (Å²) >= 11 is 0. The summed E-state index contributed by atoms with van der Waals surface area (Å²) in [7, 11) is -3.11. The Bertz CT molecular complexity index is 339. The van der Waals surface area contributed by atoms with Gasteiger partial charge < -0.3 is 0 Å². The Morgan fingerprint density at radius 2 is 1.53 bits per heavy atom. The molecule has 86 valence electrons. The van der Waals surface area contributed by atoms with Crippen LogP contribution in [0.1, 0.15) is 44.9 Å². The highest BCUT2D eigenvalue weighted by Crippen LogP contribution is 2.31. The van der Waals surface area contributed by atoms with Crippen molar-refractivity contribution in [2.45, 2.75) is 50.2 Å². The van der Waals surface area contributed by atoms with E-state index in [2.05, 4.69) is 0 Å². The first-order valence-electron chi connectivity index (χ1n) is 5.86. The summed E-state index contributed by atoms with van der Waals surface area (Å²) in [6.45, 7) is 0. The molecule has 0 aromatic heterocycles. The summed E-state index contributed by atoms with van der Waals surface area (Å²) in [6.07, 6.45) is 6.18. The summed E-state index contributed by atoms with van der Waals surface area (Å²) < 4.78 is 23.5. The van der Waals surface area contributed by atoms with Gasteiger partial charge in [-0.15, -0.1) is 0 Å². The molecule has 15 heavy (non-hydrogen) atoms. The predicted octanol–water partition coefficient (Wildman–Crippen LogP) is 1.71. The van der Waals surface area contributed by atoms with E-state index in [1.807, 2.05) is 0 Å². The average Bonchev–Trinajstić information content (AvgIpc) is 2.69. The predicted molar refractivity (Wildman–Crippen MR) is 58.4 cm³/mol. The largest absolute Gasteiger partial charge is 0.298 e. The highest BCUT2D eigenvalue weighted by atomic mass is 32.2. The van der Waals surface area contributed by atoms with E-state index in [9.17, 15) is 13.2 Å². The second-order valence-corrected chi connectivity index (χ2v) is 7.04. The van der Waals surface area contributed by atoms with Gasteiger partial charge in [0.15, 0.2) is 15.6 Å². The number of carbonyl (C=O) groups excluding carboxylic acids is 1. The fourth-order valence-corrected chi connectivity index (χ4v) is 4.71. The molecule has 0 bridgehead atoms. The van der Waals surface area contributed by atoms with Crippen LogP contribution >= 0.6 is 0 Å². The van der Waals surface area contributed by atoms with E-state index < -0.39 is 15.1 Å². The van der Waals surface area contributed by atoms with Crippen LogP contribution < -0.4 is 0 Å². The normalized spacial score (nSPS) is 31.6. The lowest BCUT2D eigenvalue weighted by molar-refractivity contribution is -0.122. The third-order valence-corrected chi connectivity index (χ3v) is 5.85. The number of ketones is 1. The summed E-state index contributed by atoms with van der Waals surface area (Å²) in [4.78, 5) is 12.0. The zero-order valence-corrected chi connectivity index (χ0v) is 9.76. The van der Waals surface area contributed by atoms with E-state index in [-0.39, 0.29) is 17.5 Å². The van der Waals surface area contributed by atoms with Crippen LogP contribution in [0.25, 0.3) is 0 Å². The zero-order valence-electron chi connectivity index (χ0n) is 8.94. The molecule has 1 saturated carbocycles. The molecule has 0 spiro atoms. The number of sulfone groups is 1. The van der Waals surface area contributed by atoms with Crippen LogP contribution in [-0.4, -0.2) is 25.2 Å². The third-order valence-electron chi connectivity index (χ3n) is 3.65. The maximum atomic E-state index is 12.0. The minimum atomic E-state index is -3.11. The van der Waals surface area contributed by atoms with Crippen molar-refractivity contribution < 1.29 is 13.2 Å². The van der Waals surface area contributed by atoms with Crippen molar-refractivity contribution >= 4 is 15.6 Å². The quantitative estimate of drug-likeness (QED) is 0.725. The van der Waals surface area contributed by atoms with Crippen molar-refractivity contribution in [2.24, 2.45) is 5.92 Å². The standard InChI is InChI=1S/C11H18O3S/c12-11(9-5-1-2-6-9)10-7-3-4-8-15(10,13)14/h9-10H,1-8H2. The van der Waals surface area contributed by atoms with Crippen LogP contribution in [0, 0.1) is 5.92 Å². The van der Waals surface area contributed by atoms with E-state index in [0.29, 0.717) is 6.42 Å². The van der Waals surface area contributed by atoms with Crippen LogP contribution in [0.2, 0.25) is 0 Å². The minimum absolute atomic E-state index is 0.0206. The number of hydrogen-bond donors (Lipinski definition) is 0. The Labute approximate surface area is 91.2 Å². The van der Waals surface area contributed by atoms with Gasteiger partial charge in [0.05, 0.1) is 5.75 Å². The summed E-state index contributed by atoms with van der Waals surface area (Å²) in [6, 6.07) is 0. The van der Waals surface area contributed by atoms with Gasteiger partial charge in [-0.2, -0.15) is 0 Å². The Morgan fingerprint density at radius 3 is 2.13 bits per heavy atom.